The second-order valence-corrected chi connectivity index (χ2v) is 9.11. The van der Waals surface area contributed by atoms with Crippen LogP contribution in [0.25, 0.3) is 0 Å². The van der Waals surface area contributed by atoms with Crippen LogP contribution in [0.1, 0.15) is 31.9 Å². The van der Waals surface area contributed by atoms with Crippen LogP contribution < -0.4 is 19.7 Å². The van der Waals surface area contributed by atoms with Gasteiger partial charge in [-0.25, -0.2) is 4.90 Å². The number of carbonyl (C=O) groups is 3. The van der Waals surface area contributed by atoms with Gasteiger partial charge in [0.25, 0.3) is 0 Å². The van der Waals surface area contributed by atoms with Crippen LogP contribution in [-0.2, 0) is 14.4 Å². The lowest BCUT2D eigenvalue weighted by atomic mass is 9.75. The van der Waals surface area contributed by atoms with Crippen LogP contribution in [0.15, 0.2) is 42.5 Å². The number of methoxy groups -OCH3 is 2. The topological polar surface area (TPSA) is 125 Å². The molecule has 2 heterocycles. The molecule has 2 aliphatic heterocycles. The molecule has 0 bridgehead atoms. The van der Waals surface area contributed by atoms with E-state index in [1.54, 1.807) is 36.4 Å². The number of hydrogen-bond donors (Lipinski definition) is 3. The highest BCUT2D eigenvalue weighted by Gasteiger charge is 2.69. The molecule has 9 heteroatoms. The molecule has 4 atom stereocenters. The van der Waals surface area contributed by atoms with Crippen LogP contribution >= 0.6 is 0 Å². The number of carboxylic acid groups (broad SMARTS) is 1. The third kappa shape index (κ3) is 3.47. The largest absolute Gasteiger partial charge is 0.508 e. The Morgan fingerprint density at radius 3 is 2.44 bits per heavy atom. The summed E-state index contributed by atoms with van der Waals surface area (Å²) >= 11 is 0. The Balaban J connectivity index is 1.92. The van der Waals surface area contributed by atoms with Gasteiger partial charge in [0.1, 0.15) is 22.8 Å². The van der Waals surface area contributed by atoms with Gasteiger partial charge in [-0.2, -0.15) is 0 Å². The summed E-state index contributed by atoms with van der Waals surface area (Å²) in [6.07, 6.45) is 0.115. The second-order valence-electron chi connectivity index (χ2n) is 9.11. The van der Waals surface area contributed by atoms with Gasteiger partial charge in [0.2, 0.25) is 11.8 Å². The van der Waals surface area contributed by atoms with E-state index in [2.05, 4.69) is 5.32 Å². The number of nitrogens with one attached hydrogen (secondary N) is 1. The fraction of sp³-hybridized carbons (Fsp3) is 0.400. The van der Waals surface area contributed by atoms with E-state index in [0.29, 0.717) is 17.1 Å². The van der Waals surface area contributed by atoms with E-state index < -0.39 is 41.2 Å². The molecule has 9 nitrogen and oxygen atoms in total. The van der Waals surface area contributed by atoms with Crippen molar-refractivity contribution in [1.29, 1.82) is 0 Å². The molecule has 0 radical (unpaired) electrons. The number of para-hydroxylation sites is 2. The van der Waals surface area contributed by atoms with Crippen molar-refractivity contribution in [2.75, 3.05) is 19.1 Å². The molecule has 2 saturated heterocycles. The Bertz CT molecular complexity index is 1150. The number of hydrogen-bond acceptors (Lipinski definition) is 7. The lowest BCUT2D eigenvalue weighted by Gasteiger charge is -2.32. The van der Waals surface area contributed by atoms with Crippen molar-refractivity contribution in [3.05, 3.63) is 48.0 Å². The number of carbonyl (C=O) groups excluding carboxylic acids is 2. The van der Waals surface area contributed by atoms with Gasteiger partial charge < -0.3 is 19.7 Å². The Morgan fingerprint density at radius 1 is 1.12 bits per heavy atom. The van der Waals surface area contributed by atoms with E-state index >= 15 is 0 Å². The fourth-order valence-corrected chi connectivity index (χ4v) is 5.35. The van der Waals surface area contributed by atoms with Crippen molar-refractivity contribution in [3.63, 3.8) is 0 Å². The standard InChI is InChI=1S/C25H28N2O7/c1-13(2)12-25(24(31)32)20-19(21(26-25)15-11-14(33-3)9-10-17(15)28)22(29)27(23(20)30)16-7-5-6-8-18(16)34-4/h5-11,13,19-21,26,28H,12H2,1-4H3,(H,31,32)/t19-,20+,21-,25-/m0/s1. The van der Waals surface area contributed by atoms with Crippen molar-refractivity contribution in [2.24, 2.45) is 17.8 Å². The van der Waals surface area contributed by atoms with Gasteiger partial charge >= 0.3 is 5.97 Å². The van der Waals surface area contributed by atoms with Crippen LogP contribution in [0.3, 0.4) is 0 Å². The van der Waals surface area contributed by atoms with Crippen LogP contribution in [0, 0.1) is 17.8 Å². The highest BCUT2D eigenvalue weighted by Crippen LogP contribution is 2.53. The monoisotopic (exact) mass is 468 g/mol. The molecular weight excluding hydrogens is 440 g/mol. The summed E-state index contributed by atoms with van der Waals surface area (Å²) < 4.78 is 10.6. The molecule has 2 aliphatic rings. The second kappa shape index (κ2) is 8.64. The first-order chi connectivity index (χ1) is 16.2. The summed E-state index contributed by atoms with van der Waals surface area (Å²) in [5.41, 5.74) is -1.15. The van der Waals surface area contributed by atoms with Gasteiger partial charge in [-0.05, 0) is 42.7 Å². The van der Waals surface area contributed by atoms with Gasteiger partial charge in [0.05, 0.1) is 31.7 Å². The SMILES string of the molecule is COc1ccc(O)c([C@@H]2N[C@](CC(C)C)(C(=O)O)[C@H]3C(=O)N(c4ccccc4OC)C(=O)[C@H]23)c1. The van der Waals surface area contributed by atoms with E-state index in [1.165, 1.54) is 20.3 Å². The molecule has 2 aromatic carbocycles. The smallest absolute Gasteiger partial charge is 0.324 e. The number of phenolic OH excluding ortho intramolecular Hbond substituents is 1. The van der Waals surface area contributed by atoms with Gasteiger partial charge in [0, 0.05) is 11.6 Å². The van der Waals surface area contributed by atoms with E-state index in [-0.39, 0.29) is 23.8 Å². The third-order valence-electron chi connectivity index (χ3n) is 6.66. The first-order valence-corrected chi connectivity index (χ1v) is 11.0. The zero-order valence-electron chi connectivity index (χ0n) is 19.4. The van der Waals surface area contributed by atoms with Crippen LogP contribution in [0.4, 0.5) is 5.69 Å². The number of anilines is 1. The average Bonchev–Trinajstić information content (AvgIpc) is 3.27. The van der Waals surface area contributed by atoms with Crippen molar-refractivity contribution >= 4 is 23.5 Å². The first-order valence-electron chi connectivity index (χ1n) is 11.0. The predicted octanol–water partition coefficient (Wildman–Crippen LogP) is 2.73. The lowest BCUT2D eigenvalue weighted by molar-refractivity contribution is -0.149. The Hall–Kier alpha value is -3.59. The van der Waals surface area contributed by atoms with Gasteiger partial charge in [-0.3, -0.25) is 19.7 Å². The fourth-order valence-electron chi connectivity index (χ4n) is 5.35. The van der Waals surface area contributed by atoms with Gasteiger partial charge in [-0.15, -0.1) is 0 Å². The molecule has 180 valence electrons. The number of aliphatic carboxylic acids is 1. The number of carboxylic acids is 1. The summed E-state index contributed by atoms with van der Waals surface area (Å²) in [5.74, 6) is -4.08. The maximum Gasteiger partial charge on any atom is 0.324 e. The van der Waals surface area contributed by atoms with E-state index in [0.717, 1.165) is 4.90 Å². The molecule has 2 aromatic rings. The zero-order valence-corrected chi connectivity index (χ0v) is 19.4. The van der Waals surface area contributed by atoms with Gasteiger partial charge in [0.15, 0.2) is 0 Å². The number of benzene rings is 2. The molecule has 0 unspecified atom stereocenters. The minimum Gasteiger partial charge on any atom is -0.508 e. The maximum atomic E-state index is 13.8. The Kier molecular flexibility index (Phi) is 5.99. The van der Waals surface area contributed by atoms with E-state index in [4.69, 9.17) is 9.47 Å². The number of aromatic hydroxyl groups is 1. The maximum absolute atomic E-state index is 13.8. The summed E-state index contributed by atoms with van der Waals surface area (Å²) in [4.78, 5) is 41.4. The Morgan fingerprint density at radius 2 is 1.82 bits per heavy atom. The number of amides is 2. The number of nitrogens with zero attached hydrogens (tertiary/aromatic N) is 1. The summed E-state index contributed by atoms with van der Waals surface area (Å²) in [5, 5.41) is 24.1. The average molecular weight is 469 g/mol. The van der Waals surface area contributed by atoms with Gasteiger partial charge in [-0.1, -0.05) is 26.0 Å². The predicted molar refractivity (Wildman–Crippen MR) is 123 cm³/mol. The molecular formula is C25H28N2O7. The summed E-state index contributed by atoms with van der Waals surface area (Å²) in [6, 6.07) is 10.2. The molecule has 3 N–H and O–H groups in total. The first kappa shape index (κ1) is 23.6. The molecule has 0 saturated carbocycles. The highest BCUT2D eigenvalue weighted by atomic mass is 16.5. The minimum atomic E-state index is -1.71. The molecule has 0 aliphatic carbocycles. The molecule has 2 amide bonds. The number of fused-ring (bicyclic) bond motifs is 1. The van der Waals surface area contributed by atoms with E-state index in [1.807, 2.05) is 13.8 Å². The van der Waals surface area contributed by atoms with E-state index in [9.17, 15) is 24.6 Å². The van der Waals surface area contributed by atoms with Crippen molar-refractivity contribution in [3.8, 4) is 17.2 Å². The van der Waals surface area contributed by atoms with Crippen molar-refractivity contribution < 1.29 is 34.1 Å². The zero-order chi connectivity index (χ0) is 24.8. The van der Waals surface area contributed by atoms with Crippen molar-refractivity contribution in [1.82, 2.24) is 5.32 Å². The summed E-state index contributed by atoms with van der Waals surface area (Å²) in [6.45, 7) is 3.72. The molecule has 0 aromatic heterocycles. The lowest BCUT2D eigenvalue weighted by Crippen LogP contribution is -2.56. The quantitative estimate of drug-likeness (QED) is 0.530. The van der Waals surface area contributed by atoms with Crippen molar-refractivity contribution in [2.45, 2.75) is 31.8 Å². The van der Waals surface area contributed by atoms with Crippen LogP contribution in [0.5, 0.6) is 17.2 Å². The number of rotatable bonds is 7. The van der Waals surface area contributed by atoms with Crippen LogP contribution in [-0.4, -0.2) is 47.8 Å². The normalized spacial score (nSPS) is 26.1. The molecule has 4 rings (SSSR count). The number of phenols is 1. The molecule has 0 spiro atoms. The Labute approximate surface area is 197 Å². The van der Waals surface area contributed by atoms with Crippen LogP contribution in [0.2, 0.25) is 0 Å². The third-order valence-corrected chi connectivity index (χ3v) is 6.66. The molecule has 34 heavy (non-hydrogen) atoms. The number of imide groups is 1. The highest BCUT2D eigenvalue weighted by molar-refractivity contribution is 6.24. The minimum absolute atomic E-state index is 0.0925. The number of ether oxygens (including phenoxy) is 2. The molecule has 2 fully saturated rings. The summed E-state index contributed by atoms with van der Waals surface area (Å²) in [7, 11) is 2.90.